The van der Waals surface area contributed by atoms with Crippen molar-refractivity contribution in [1.82, 2.24) is 9.88 Å². The molecule has 1 saturated carbocycles. The van der Waals surface area contributed by atoms with Crippen LogP contribution in [0.4, 0.5) is 0 Å². The topological polar surface area (TPSA) is 62.7 Å². The summed E-state index contributed by atoms with van der Waals surface area (Å²) in [6, 6.07) is 7.35. The van der Waals surface area contributed by atoms with Gasteiger partial charge in [0.25, 0.3) is 5.91 Å². The third-order valence-electron chi connectivity index (χ3n) is 4.79. The number of amides is 1. The van der Waals surface area contributed by atoms with Gasteiger partial charge in [0.1, 0.15) is 5.75 Å². The second-order valence-electron chi connectivity index (χ2n) is 6.79. The molecule has 0 radical (unpaired) electrons. The average molecular weight is 328 g/mol. The summed E-state index contributed by atoms with van der Waals surface area (Å²) >= 11 is 0. The number of likely N-dealkylation sites (N-methyl/N-ethyl adjacent to an activating group) is 1. The molecule has 128 valence electrons. The second kappa shape index (κ2) is 6.40. The number of hydrogen-bond acceptors (Lipinski definition) is 4. The van der Waals surface area contributed by atoms with Gasteiger partial charge in [-0.15, -0.1) is 0 Å². The van der Waals surface area contributed by atoms with E-state index in [1.165, 1.54) is 0 Å². The Labute approximate surface area is 142 Å². The average Bonchev–Trinajstić information content (AvgIpc) is 2.99. The number of benzene rings is 1. The van der Waals surface area contributed by atoms with E-state index in [9.17, 15) is 9.90 Å². The van der Waals surface area contributed by atoms with Crippen molar-refractivity contribution in [2.75, 3.05) is 20.7 Å². The van der Waals surface area contributed by atoms with Gasteiger partial charge in [0, 0.05) is 24.7 Å². The van der Waals surface area contributed by atoms with Crippen molar-refractivity contribution in [3.05, 3.63) is 35.5 Å². The molecule has 1 N–H and O–H groups in total. The van der Waals surface area contributed by atoms with Crippen molar-refractivity contribution in [3.63, 3.8) is 0 Å². The van der Waals surface area contributed by atoms with Gasteiger partial charge in [-0.1, -0.05) is 12.8 Å². The van der Waals surface area contributed by atoms with Crippen molar-refractivity contribution < 1.29 is 14.6 Å². The fourth-order valence-corrected chi connectivity index (χ4v) is 3.55. The number of methoxy groups -OCH3 is 1. The number of aromatic nitrogens is 1. The van der Waals surface area contributed by atoms with Crippen LogP contribution in [0.25, 0.3) is 10.9 Å². The molecule has 1 fully saturated rings. The molecule has 5 nitrogen and oxygen atoms in total. The second-order valence-corrected chi connectivity index (χ2v) is 6.79. The number of nitrogens with zero attached hydrogens (tertiary/aromatic N) is 2. The van der Waals surface area contributed by atoms with E-state index in [1.54, 1.807) is 25.1 Å². The van der Waals surface area contributed by atoms with Crippen LogP contribution in [0.1, 0.15) is 41.7 Å². The maximum atomic E-state index is 13.0. The van der Waals surface area contributed by atoms with E-state index in [4.69, 9.17) is 4.74 Å². The van der Waals surface area contributed by atoms with Crippen molar-refractivity contribution in [1.29, 1.82) is 0 Å². The number of fused-ring (bicyclic) bond motifs is 1. The number of aliphatic hydroxyl groups is 1. The Balaban J connectivity index is 1.96. The molecule has 1 aromatic carbocycles. The van der Waals surface area contributed by atoms with E-state index in [2.05, 4.69) is 4.98 Å². The zero-order valence-electron chi connectivity index (χ0n) is 14.5. The predicted molar refractivity (Wildman–Crippen MR) is 93.4 cm³/mol. The zero-order valence-corrected chi connectivity index (χ0v) is 14.5. The predicted octanol–water partition coefficient (Wildman–Crippen LogP) is 2.93. The number of carbonyl (C=O) groups is 1. The van der Waals surface area contributed by atoms with Gasteiger partial charge in [0.2, 0.25) is 0 Å². The third kappa shape index (κ3) is 3.22. The first-order chi connectivity index (χ1) is 11.4. The molecule has 24 heavy (non-hydrogen) atoms. The normalized spacial score (nSPS) is 16.3. The Morgan fingerprint density at radius 2 is 2.04 bits per heavy atom. The van der Waals surface area contributed by atoms with Crippen LogP contribution in [0, 0.1) is 6.92 Å². The van der Waals surface area contributed by atoms with E-state index in [0.29, 0.717) is 17.9 Å². The number of carbonyl (C=O) groups excluding carboxylic acids is 1. The van der Waals surface area contributed by atoms with Crippen LogP contribution in [-0.2, 0) is 0 Å². The van der Waals surface area contributed by atoms with Crippen LogP contribution in [0.2, 0.25) is 0 Å². The summed E-state index contributed by atoms with van der Waals surface area (Å²) in [5, 5.41) is 11.4. The smallest absolute Gasteiger partial charge is 0.254 e. The fourth-order valence-electron chi connectivity index (χ4n) is 3.55. The summed E-state index contributed by atoms with van der Waals surface area (Å²) in [7, 11) is 3.35. The van der Waals surface area contributed by atoms with Crippen LogP contribution in [0.15, 0.2) is 24.3 Å². The molecule has 1 aliphatic rings. The van der Waals surface area contributed by atoms with E-state index in [-0.39, 0.29) is 5.91 Å². The molecule has 1 aliphatic carbocycles. The minimum absolute atomic E-state index is 0.0981. The molecular weight excluding hydrogens is 304 g/mol. The van der Waals surface area contributed by atoms with Gasteiger partial charge < -0.3 is 14.7 Å². The fraction of sp³-hybridized carbons (Fsp3) is 0.474. The quantitative estimate of drug-likeness (QED) is 0.937. The van der Waals surface area contributed by atoms with Gasteiger partial charge in [0.15, 0.2) is 0 Å². The summed E-state index contributed by atoms with van der Waals surface area (Å²) in [5.41, 5.74) is 1.41. The highest BCUT2D eigenvalue weighted by Crippen LogP contribution is 2.31. The monoisotopic (exact) mass is 328 g/mol. The van der Waals surface area contributed by atoms with Gasteiger partial charge in [-0.2, -0.15) is 0 Å². The van der Waals surface area contributed by atoms with Crippen LogP contribution in [0.5, 0.6) is 5.75 Å². The van der Waals surface area contributed by atoms with Gasteiger partial charge in [-0.25, -0.2) is 0 Å². The number of aryl methyl sites for hydroxylation is 1. The van der Waals surface area contributed by atoms with E-state index >= 15 is 0 Å². The van der Waals surface area contributed by atoms with Crippen LogP contribution < -0.4 is 4.74 Å². The van der Waals surface area contributed by atoms with Crippen molar-refractivity contribution in [3.8, 4) is 5.75 Å². The molecule has 1 aromatic heterocycles. The Morgan fingerprint density at radius 1 is 1.33 bits per heavy atom. The number of rotatable bonds is 4. The Morgan fingerprint density at radius 3 is 2.71 bits per heavy atom. The van der Waals surface area contributed by atoms with Crippen molar-refractivity contribution in [2.24, 2.45) is 0 Å². The minimum Gasteiger partial charge on any atom is -0.497 e. The molecule has 0 aliphatic heterocycles. The van der Waals surface area contributed by atoms with Gasteiger partial charge >= 0.3 is 0 Å². The highest BCUT2D eigenvalue weighted by atomic mass is 16.5. The highest BCUT2D eigenvalue weighted by molar-refractivity contribution is 6.06. The lowest BCUT2D eigenvalue weighted by Crippen LogP contribution is -2.42. The lowest BCUT2D eigenvalue weighted by atomic mass is 10.0. The minimum atomic E-state index is -0.750. The maximum absolute atomic E-state index is 13.0. The first-order valence-electron chi connectivity index (χ1n) is 8.35. The Bertz CT molecular complexity index is 767. The summed E-state index contributed by atoms with van der Waals surface area (Å²) in [6.07, 6.45) is 3.56. The largest absolute Gasteiger partial charge is 0.497 e. The summed E-state index contributed by atoms with van der Waals surface area (Å²) in [5.74, 6) is 0.596. The molecule has 5 heteroatoms. The third-order valence-corrected chi connectivity index (χ3v) is 4.79. The van der Waals surface area contributed by atoms with Gasteiger partial charge in [0.05, 0.1) is 23.8 Å². The van der Waals surface area contributed by atoms with Crippen molar-refractivity contribution in [2.45, 2.75) is 38.2 Å². The standard InChI is InChI=1S/C19H24N2O3/c1-13-10-16(15-11-14(24-3)6-7-17(15)20-13)18(22)21(2)12-19(23)8-4-5-9-19/h6-7,10-11,23H,4-5,8-9,12H2,1-3H3. The molecule has 0 unspecified atom stereocenters. The molecular formula is C19H24N2O3. The summed E-state index contributed by atoms with van der Waals surface area (Å²) in [6.45, 7) is 2.24. The van der Waals surface area contributed by atoms with Crippen LogP contribution >= 0.6 is 0 Å². The van der Waals surface area contributed by atoms with E-state index in [1.807, 2.05) is 25.1 Å². The van der Waals surface area contributed by atoms with Crippen LogP contribution in [-0.4, -0.2) is 47.2 Å². The lowest BCUT2D eigenvalue weighted by molar-refractivity contribution is 0.0157. The SMILES string of the molecule is COc1ccc2nc(C)cc(C(=O)N(C)CC3(O)CCCC3)c2c1. The van der Waals surface area contributed by atoms with Crippen molar-refractivity contribution >= 4 is 16.8 Å². The molecule has 0 spiro atoms. The van der Waals surface area contributed by atoms with E-state index < -0.39 is 5.60 Å². The molecule has 2 aromatic rings. The lowest BCUT2D eigenvalue weighted by Gasteiger charge is -2.29. The van der Waals surface area contributed by atoms with Gasteiger partial charge in [-0.05, 0) is 44.0 Å². The van der Waals surface area contributed by atoms with E-state index in [0.717, 1.165) is 42.3 Å². The summed E-state index contributed by atoms with van der Waals surface area (Å²) in [4.78, 5) is 19.1. The maximum Gasteiger partial charge on any atom is 0.254 e. The number of ether oxygens (including phenoxy) is 1. The molecule has 0 saturated heterocycles. The molecule has 3 rings (SSSR count). The molecule has 0 atom stereocenters. The number of pyridine rings is 1. The molecule has 1 amide bonds. The van der Waals surface area contributed by atoms with Gasteiger partial charge in [-0.3, -0.25) is 9.78 Å². The molecule has 1 heterocycles. The van der Waals surface area contributed by atoms with Crippen LogP contribution in [0.3, 0.4) is 0 Å². The zero-order chi connectivity index (χ0) is 17.3. The number of hydrogen-bond donors (Lipinski definition) is 1. The molecule has 0 bridgehead atoms. The first kappa shape index (κ1) is 16.7. The Kier molecular flexibility index (Phi) is 4.45. The first-order valence-corrected chi connectivity index (χ1v) is 8.35. The Hall–Kier alpha value is -2.14. The summed E-state index contributed by atoms with van der Waals surface area (Å²) < 4.78 is 5.28. The highest BCUT2D eigenvalue weighted by Gasteiger charge is 2.33.